The molecule has 1 fully saturated rings. The topological polar surface area (TPSA) is 68.7 Å². The molecule has 0 radical (unpaired) electrons. The first-order valence-corrected chi connectivity index (χ1v) is 8.92. The highest BCUT2D eigenvalue weighted by Gasteiger charge is 2.38. The molecule has 26 heavy (non-hydrogen) atoms. The number of nitrogens with zero attached hydrogens (tertiary/aromatic N) is 2. The van der Waals surface area contributed by atoms with Crippen LogP contribution in [0.15, 0.2) is 24.4 Å². The molecule has 0 spiro atoms. The van der Waals surface area contributed by atoms with E-state index in [0.29, 0.717) is 18.8 Å². The number of likely N-dealkylation sites (tertiary alicyclic amines) is 1. The van der Waals surface area contributed by atoms with Gasteiger partial charge in [-0.05, 0) is 52.4 Å². The summed E-state index contributed by atoms with van der Waals surface area (Å²) in [6.45, 7) is 9.15. The molecule has 6 heteroatoms. The number of aromatic nitrogens is 1. The van der Waals surface area contributed by atoms with Crippen molar-refractivity contribution in [2.45, 2.75) is 39.2 Å². The van der Waals surface area contributed by atoms with Crippen LogP contribution in [0.4, 0.5) is 0 Å². The summed E-state index contributed by atoms with van der Waals surface area (Å²) in [5, 5.41) is 0. The number of ether oxygens (including phenoxy) is 2. The van der Waals surface area contributed by atoms with E-state index in [-0.39, 0.29) is 17.8 Å². The number of hydrogen-bond donors (Lipinski definition) is 0. The largest absolute Gasteiger partial charge is 0.466 e. The van der Waals surface area contributed by atoms with Crippen LogP contribution in [0.2, 0.25) is 0 Å². The molecule has 2 rings (SSSR count). The maximum absolute atomic E-state index is 12.2. The van der Waals surface area contributed by atoms with Crippen molar-refractivity contribution < 1.29 is 19.1 Å². The van der Waals surface area contributed by atoms with E-state index in [0.717, 1.165) is 12.1 Å². The average Bonchev–Trinajstić information content (AvgIpc) is 2.94. The molecular formula is C20H28N2O4. The van der Waals surface area contributed by atoms with Gasteiger partial charge in [-0.1, -0.05) is 6.07 Å². The lowest BCUT2D eigenvalue weighted by molar-refractivity contribution is -0.149. The summed E-state index contributed by atoms with van der Waals surface area (Å²) in [6, 6.07) is 3.80. The fourth-order valence-corrected chi connectivity index (χ4v) is 3.05. The van der Waals surface area contributed by atoms with Gasteiger partial charge in [0, 0.05) is 31.3 Å². The summed E-state index contributed by atoms with van der Waals surface area (Å²) < 4.78 is 10.4. The summed E-state index contributed by atoms with van der Waals surface area (Å²) in [5.41, 5.74) is 1.15. The average molecular weight is 360 g/mol. The Balaban J connectivity index is 2.06. The van der Waals surface area contributed by atoms with Gasteiger partial charge in [-0.15, -0.1) is 0 Å². The monoisotopic (exact) mass is 360 g/mol. The van der Waals surface area contributed by atoms with Crippen molar-refractivity contribution in [2.24, 2.45) is 5.92 Å². The highest BCUT2D eigenvalue weighted by atomic mass is 16.6. The molecule has 0 bridgehead atoms. The van der Waals surface area contributed by atoms with Crippen LogP contribution in [0.25, 0.3) is 6.08 Å². The molecule has 1 aliphatic heterocycles. The quantitative estimate of drug-likeness (QED) is 0.594. The first kappa shape index (κ1) is 20.1. The Hall–Kier alpha value is -2.21. The van der Waals surface area contributed by atoms with E-state index >= 15 is 0 Å². The fourth-order valence-electron chi connectivity index (χ4n) is 3.05. The molecule has 0 aromatic carbocycles. The maximum atomic E-state index is 12.2. The number of esters is 2. The molecule has 0 amide bonds. The van der Waals surface area contributed by atoms with E-state index < -0.39 is 11.6 Å². The number of rotatable bonds is 5. The SMILES string of the molecule is CCOC(=O)C1CN(C)CC1c1ccc(/C=C/C(=O)OC(C)(C)C)nc1. The second-order valence-corrected chi connectivity index (χ2v) is 7.57. The van der Waals surface area contributed by atoms with Gasteiger partial charge in [0.15, 0.2) is 0 Å². The Bertz CT molecular complexity index is 661. The molecule has 6 nitrogen and oxygen atoms in total. The van der Waals surface area contributed by atoms with E-state index in [1.807, 2.05) is 46.9 Å². The third-order valence-electron chi connectivity index (χ3n) is 4.13. The van der Waals surface area contributed by atoms with Gasteiger partial charge in [0.25, 0.3) is 0 Å². The summed E-state index contributed by atoms with van der Waals surface area (Å²) in [5.74, 6) is -0.667. The first-order chi connectivity index (χ1) is 12.2. The van der Waals surface area contributed by atoms with Gasteiger partial charge in [-0.2, -0.15) is 0 Å². The van der Waals surface area contributed by atoms with E-state index in [9.17, 15) is 9.59 Å². The van der Waals surface area contributed by atoms with Crippen LogP contribution in [-0.4, -0.2) is 54.2 Å². The zero-order valence-corrected chi connectivity index (χ0v) is 16.2. The van der Waals surface area contributed by atoms with Crippen LogP contribution in [0.3, 0.4) is 0 Å². The predicted molar refractivity (Wildman–Crippen MR) is 99.5 cm³/mol. The predicted octanol–water partition coefficient (Wildman–Crippen LogP) is 2.64. The van der Waals surface area contributed by atoms with Crippen LogP contribution in [0.5, 0.6) is 0 Å². The van der Waals surface area contributed by atoms with Crippen molar-refractivity contribution in [1.82, 2.24) is 9.88 Å². The van der Waals surface area contributed by atoms with Crippen LogP contribution in [0, 0.1) is 5.92 Å². The van der Waals surface area contributed by atoms with Crippen molar-refractivity contribution in [1.29, 1.82) is 0 Å². The van der Waals surface area contributed by atoms with Gasteiger partial charge in [-0.3, -0.25) is 9.78 Å². The molecule has 2 atom stereocenters. The Labute approximate surface area is 155 Å². The molecule has 1 aliphatic rings. The Morgan fingerprint density at radius 2 is 2.04 bits per heavy atom. The van der Waals surface area contributed by atoms with Gasteiger partial charge in [-0.25, -0.2) is 4.79 Å². The number of hydrogen-bond acceptors (Lipinski definition) is 6. The number of carbonyl (C=O) groups is 2. The third-order valence-corrected chi connectivity index (χ3v) is 4.13. The highest BCUT2D eigenvalue weighted by molar-refractivity contribution is 5.87. The normalized spacial score (nSPS) is 21.1. The van der Waals surface area contributed by atoms with Gasteiger partial charge in [0.1, 0.15) is 5.60 Å². The van der Waals surface area contributed by atoms with Crippen molar-refractivity contribution in [3.63, 3.8) is 0 Å². The number of likely N-dealkylation sites (N-methyl/N-ethyl adjacent to an activating group) is 1. The molecule has 0 N–H and O–H groups in total. The molecule has 1 saturated heterocycles. The minimum Gasteiger partial charge on any atom is -0.466 e. The van der Waals surface area contributed by atoms with Crippen molar-refractivity contribution in [3.8, 4) is 0 Å². The summed E-state index contributed by atoms with van der Waals surface area (Å²) >= 11 is 0. The molecule has 1 aromatic heterocycles. The minimum absolute atomic E-state index is 0.0652. The Kier molecular flexibility index (Phi) is 6.53. The van der Waals surface area contributed by atoms with E-state index in [1.165, 1.54) is 6.08 Å². The molecule has 2 unspecified atom stereocenters. The van der Waals surface area contributed by atoms with Crippen molar-refractivity contribution in [2.75, 3.05) is 26.7 Å². The summed E-state index contributed by atoms with van der Waals surface area (Å²) in [4.78, 5) is 30.5. The van der Waals surface area contributed by atoms with Crippen LogP contribution in [0.1, 0.15) is 44.9 Å². The van der Waals surface area contributed by atoms with Gasteiger partial charge in [0.05, 0.1) is 18.2 Å². The third kappa shape index (κ3) is 5.66. The standard InChI is InChI=1S/C20H28N2O4/c1-6-25-19(24)17-13-22(5)12-16(17)14-7-8-15(21-11-14)9-10-18(23)26-20(2,3)4/h7-11,16-17H,6,12-13H2,1-5H3/b10-9+. The zero-order chi connectivity index (χ0) is 19.3. The van der Waals surface area contributed by atoms with Crippen LogP contribution < -0.4 is 0 Å². The van der Waals surface area contributed by atoms with Gasteiger partial charge in [0.2, 0.25) is 0 Å². The van der Waals surface area contributed by atoms with Crippen LogP contribution in [-0.2, 0) is 19.1 Å². The summed E-state index contributed by atoms with van der Waals surface area (Å²) in [7, 11) is 2.00. The minimum atomic E-state index is -0.519. The molecule has 1 aromatic rings. The zero-order valence-electron chi connectivity index (χ0n) is 16.2. The van der Waals surface area contributed by atoms with Gasteiger partial charge < -0.3 is 14.4 Å². The first-order valence-electron chi connectivity index (χ1n) is 8.92. The smallest absolute Gasteiger partial charge is 0.331 e. The van der Waals surface area contributed by atoms with E-state index in [2.05, 4.69) is 9.88 Å². The molecule has 2 heterocycles. The molecule has 142 valence electrons. The lowest BCUT2D eigenvalue weighted by Gasteiger charge is -2.18. The second-order valence-electron chi connectivity index (χ2n) is 7.57. The number of carbonyl (C=O) groups excluding carboxylic acids is 2. The number of pyridine rings is 1. The Morgan fingerprint density at radius 1 is 1.31 bits per heavy atom. The summed E-state index contributed by atoms with van der Waals surface area (Å²) in [6.07, 6.45) is 4.77. The van der Waals surface area contributed by atoms with Crippen LogP contribution >= 0.6 is 0 Å². The molecule has 0 aliphatic carbocycles. The molecular weight excluding hydrogens is 332 g/mol. The fraction of sp³-hybridized carbons (Fsp3) is 0.550. The lowest BCUT2D eigenvalue weighted by atomic mass is 9.90. The lowest BCUT2D eigenvalue weighted by Crippen LogP contribution is -2.24. The molecule has 0 saturated carbocycles. The Morgan fingerprint density at radius 3 is 2.62 bits per heavy atom. The van der Waals surface area contributed by atoms with E-state index in [4.69, 9.17) is 9.47 Å². The van der Waals surface area contributed by atoms with Crippen molar-refractivity contribution in [3.05, 3.63) is 35.7 Å². The highest BCUT2D eigenvalue weighted by Crippen LogP contribution is 2.32. The van der Waals surface area contributed by atoms with E-state index in [1.54, 1.807) is 12.3 Å². The second kappa shape index (κ2) is 8.45. The maximum Gasteiger partial charge on any atom is 0.331 e. The van der Waals surface area contributed by atoms with Crippen molar-refractivity contribution >= 4 is 18.0 Å². The van der Waals surface area contributed by atoms with Gasteiger partial charge >= 0.3 is 11.9 Å².